The molecule has 2 aliphatic heterocycles. The van der Waals surface area contributed by atoms with E-state index in [4.69, 9.17) is 4.74 Å². The van der Waals surface area contributed by atoms with Gasteiger partial charge in [0.15, 0.2) is 5.78 Å². The van der Waals surface area contributed by atoms with Crippen LogP contribution in [-0.4, -0.2) is 42.5 Å². The van der Waals surface area contributed by atoms with Crippen LogP contribution in [0.1, 0.15) is 27.7 Å². The molecule has 0 bridgehead atoms. The van der Waals surface area contributed by atoms with Crippen LogP contribution in [0.5, 0.6) is 0 Å². The molecule has 0 aliphatic carbocycles. The molecule has 2 heterocycles. The monoisotopic (exact) mass is 225 g/mol. The number of ketones is 1. The summed E-state index contributed by atoms with van der Waals surface area (Å²) in [5, 5.41) is 0. The number of likely N-dealkylation sites (tertiary alicyclic amines) is 1. The molecular weight excluding hydrogens is 202 g/mol. The van der Waals surface area contributed by atoms with Crippen molar-refractivity contribution in [1.29, 1.82) is 0 Å². The van der Waals surface area contributed by atoms with Crippen LogP contribution in [0, 0.1) is 17.8 Å². The van der Waals surface area contributed by atoms with E-state index in [-0.39, 0.29) is 12.0 Å². The molecule has 0 N–H and O–H groups in total. The number of hydrogen-bond acceptors (Lipinski definition) is 3. The zero-order valence-corrected chi connectivity index (χ0v) is 10.8. The lowest BCUT2D eigenvalue weighted by Crippen LogP contribution is -2.45. The topological polar surface area (TPSA) is 29.5 Å². The Balaban J connectivity index is 2.19. The average Bonchev–Trinajstić information content (AvgIpc) is 2.74. The molecule has 16 heavy (non-hydrogen) atoms. The van der Waals surface area contributed by atoms with E-state index in [2.05, 4.69) is 18.7 Å². The van der Waals surface area contributed by atoms with Gasteiger partial charge in [0.25, 0.3) is 0 Å². The summed E-state index contributed by atoms with van der Waals surface area (Å²) in [5.74, 6) is 1.55. The highest BCUT2D eigenvalue weighted by Gasteiger charge is 2.49. The lowest BCUT2D eigenvalue weighted by Gasteiger charge is -2.30. The first kappa shape index (κ1) is 12.1. The van der Waals surface area contributed by atoms with Crippen molar-refractivity contribution >= 4 is 5.78 Å². The summed E-state index contributed by atoms with van der Waals surface area (Å²) in [6.45, 7) is 11.0. The molecule has 0 radical (unpaired) electrons. The highest BCUT2D eigenvalue weighted by Crippen LogP contribution is 2.37. The van der Waals surface area contributed by atoms with E-state index >= 15 is 0 Å². The van der Waals surface area contributed by atoms with Gasteiger partial charge < -0.3 is 4.74 Å². The molecule has 92 valence electrons. The minimum Gasteiger partial charge on any atom is -0.381 e. The number of Topliss-reactive ketones (excluding diaryl/α,β-unsaturated/α-hetero) is 1. The number of nitrogens with zero attached hydrogens (tertiary/aromatic N) is 1. The van der Waals surface area contributed by atoms with Gasteiger partial charge in [-0.2, -0.15) is 0 Å². The van der Waals surface area contributed by atoms with Crippen LogP contribution in [-0.2, 0) is 9.53 Å². The van der Waals surface area contributed by atoms with Gasteiger partial charge in [0, 0.05) is 30.3 Å². The fourth-order valence-electron chi connectivity index (χ4n) is 3.03. The fourth-order valence-corrected chi connectivity index (χ4v) is 3.03. The minimum atomic E-state index is 0.104. The van der Waals surface area contributed by atoms with Crippen LogP contribution in [0.3, 0.4) is 0 Å². The van der Waals surface area contributed by atoms with Crippen molar-refractivity contribution in [3.05, 3.63) is 0 Å². The summed E-state index contributed by atoms with van der Waals surface area (Å²) >= 11 is 0. The third kappa shape index (κ3) is 1.91. The van der Waals surface area contributed by atoms with Gasteiger partial charge in [0.1, 0.15) is 0 Å². The Morgan fingerprint density at radius 1 is 1.25 bits per heavy atom. The van der Waals surface area contributed by atoms with Crippen molar-refractivity contribution in [1.82, 2.24) is 4.90 Å². The molecule has 3 heteroatoms. The largest absolute Gasteiger partial charge is 0.381 e. The van der Waals surface area contributed by atoms with Gasteiger partial charge in [-0.05, 0) is 13.8 Å². The molecular formula is C13H23NO2. The van der Waals surface area contributed by atoms with E-state index < -0.39 is 0 Å². The second kappa shape index (κ2) is 4.46. The third-order valence-corrected chi connectivity index (χ3v) is 3.98. The lowest BCUT2D eigenvalue weighted by molar-refractivity contribution is -0.128. The highest BCUT2D eigenvalue weighted by atomic mass is 16.5. The summed E-state index contributed by atoms with van der Waals surface area (Å²) in [6.07, 6.45) is 0. The lowest BCUT2D eigenvalue weighted by atomic mass is 9.88. The molecule has 0 aromatic heterocycles. The maximum absolute atomic E-state index is 12.3. The third-order valence-electron chi connectivity index (χ3n) is 3.98. The van der Waals surface area contributed by atoms with Crippen molar-refractivity contribution in [3.63, 3.8) is 0 Å². The Morgan fingerprint density at radius 3 is 2.50 bits per heavy atom. The molecule has 2 aliphatic rings. The Bertz CT molecular complexity index is 275. The fraction of sp³-hybridized carbons (Fsp3) is 0.923. The first-order chi connectivity index (χ1) is 7.52. The first-order valence-electron chi connectivity index (χ1n) is 6.39. The van der Waals surface area contributed by atoms with Crippen LogP contribution in [0.15, 0.2) is 0 Å². The second-order valence-corrected chi connectivity index (χ2v) is 5.75. The molecule has 0 aromatic carbocycles. The molecule has 3 atom stereocenters. The summed E-state index contributed by atoms with van der Waals surface area (Å²) < 4.78 is 5.52. The van der Waals surface area contributed by atoms with Gasteiger partial charge in [-0.15, -0.1) is 0 Å². The minimum absolute atomic E-state index is 0.104. The van der Waals surface area contributed by atoms with Crippen LogP contribution >= 0.6 is 0 Å². The Kier molecular flexibility index (Phi) is 3.36. The number of carbonyl (C=O) groups is 1. The number of fused-ring (bicyclic) bond motifs is 1. The Hall–Kier alpha value is -0.410. The molecule has 2 rings (SSSR count). The standard InChI is InChI=1S/C13H23NO2/c1-8(2)13(15)12-11-7-16-6-10(11)5-14(12)9(3)4/h8-12H,5-7H2,1-4H3. The predicted molar refractivity (Wildman–Crippen MR) is 63.3 cm³/mol. The Labute approximate surface area is 98.1 Å². The van der Waals surface area contributed by atoms with Gasteiger partial charge in [-0.3, -0.25) is 9.69 Å². The summed E-state index contributed by atoms with van der Waals surface area (Å²) in [7, 11) is 0. The van der Waals surface area contributed by atoms with E-state index in [1.54, 1.807) is 0 Å². The molecule has 3 nitrogen and oxygen atoms in total. The molecule has 0 spiro atoms. The number of hydrogen-bond donors (Lipinski definition) is 0. The number of ether oxygens (including phenoxy) is 1. The van der Waals surface area contributed by atoms with Gasteiger partial charge in [0.2, 0.25) is 0 Å². The molecule has 2 saturated heterocycles. The van der Waals surface area contributed by atoms with E-state index in [1.807, 2.05) is 13.8 Å². The summed E-state index contributed by atoms with van der Waals surface area (Å²) in [6, 6.07) is 0.561. The van der Waals surface area contributed by atoms with Crippen molar-refractivity contribution in [3.8, 4) is 0 Å². The van der Waals surface area contributed by atoms with E-state index in [0.717, 1.165) is 19.8 Å². The normalized spacial score (nSPS) is 35.0. The molecule has 0 amide bonds. The van der Waals surface area contributed by atoms with Crippen LogP contribution in [0.2, 0.25) is 0 Å². The molecule has 3 unspecified atom stereocenters. The number of carbonyl (C=O) groups excluding carboxylic acids is 1. The predicted octanol–water partition coefficient (Wildman–Crippen LogP) is 1.57. The summed E-state index contributed by atoms with van der Waals surface area (Å²) in [5.41, 5.74) is 0. The van der Waals surface area contributed by atoms with Crippen LogP contribution < -0.4 is 0 Å². The van der Waals surface area contributed by atoms with Crippen molar-refractivity contribution in [2.45, 2.75) is 39.8 Å². The van der Waals surface area contributed by atoms with Gasteiger partial charge in [-0.25, -0.2) is 0 Å². The molecule has 0 aromatic rings. The van der Waals surface area contributed by atoms with Crippen LogP contribution in [0.25, 0.3) is 0 Å². The zero-order chi connectivity index (χ0) is 11.9. The van der Waals surface area contributed by atoms with E-state index in [0.29, 0.717) is 23.7 Å². The van der Waals surface area contributed by atoms with Crippen molar-refractivity contribution in [2.75, 3.05) is 19.8 Å². The maximum atomic E-state index is 12.3. The first-order valence-corrected chi connectivity index (χ1v) is 6.39. The van der Waals surface area contributed by atoms with Gasteiger partial charge in [-0.1, -0.05) is 13.8 Å². The number of rotatable bonds is 3. The second-order valence-electron chi connectivity index (χ2n) is 5.75. The zero-order valence-electron chi connectivity index (χ0n) is 10.8. The quantitative estimate of drug-likeness (QED) is 0.730. The summed E-state index contributed by atoms with van der Waals surface area (Å²) in [4.78, 5) is 14.7. The maximum Gasteiger partial charge on any atom is 0.152 e. The van der Waals surface area contributed by atoms with Crippen molar-refractivity contribution in [2.24, 2.45) is 17.8 Å². The van der Waals surface area contributed by atoms with Crippen LogP contribution in [0.4, 0.5) is 0 Å². The highest BCUT2D eigenvalue weighted by molar-refractivity contribution is 5.86. The van der Waals surface area contributed by atoms with E-state index in [9.17, 15) is 4.79 Å². The van der Waals surface area contributed by atoms with Gasteiger partial charge in [0.05, 0.1) is 19.3 Å². The Morgan fingerprint density at radius 2 is 1.94 bits per heavy atom. The smallest absolute Gasteiger partial charge is 0.152 e. The SMILES string of the molecule is CC(C)C(=O)C1C2COCC2CN1C(C)C. The molecule has 0 saturated carbocycles. The molecule has 2 fully saturated rings. The average molecular weight is 225 g/mol. The van der Waals surface area contributed by atoms with Gasteiger partial charge >= 0.3 is 0 Å². The van der Waals surface area contributed by atoms with Crippen molar-refractivity contribution < 1.29 is 9.53 Å². The van der Waals surface area contributed by atoms with E-state index in [1.165, 1.54) is 0 Å².